The van der Waals surface area contributed by atoms with Crippen LogP contribution in [0.3, 0.4) is 0 Å². The van der Waals surface area contributed by atoms with Crippen LogP contribution in [0.4, 0.5) is 4.39 Å². The normalized spacial score (nSPS) is 12.4. The second-order valence-corrected chi connectivity index (χ2v) is 6.09. The fraction of sp³-hybridized carbons (Fsp3) is 0.444. The van der Waals surface area contributed by atoms with Crippen molar-refractivity contribution in [1.82, 2.24) is 9.88 Å². The molecule has 1 N–H and O–H groups in total. The summed E-state index contributed by atoms with van der Waals surface area (Å²) in [6.45, 7) is 5.75. The highest BCUT2D eigenvalue weighted by molar-refractivity contribution is 5.76. The van der Waals surface area contributed by atoms with E-state index in [-0.39, 0.29) is 24.2 Å². The number of hydrogen-bond donors (Lipinski definition) is 1. The first-order valence-electron chi connectivity index (χ1n) is 8.05. The molecule has 24 heavy (non-hydrogen) atoms. The fourth-order valence-electron chi connectivity index (χ4n) is 2.45. The first kappa shape index (κ1) is 18.1. The molecule has 5 nitrogen and oxygen atoms in total. The third-order valence-electron chi connectivity index (χ3n) is 3.65. The van der Waals surface area contributed by atoms with Gasteiger partial charge in [-0.15, -0.1) is 0 Å². The highest BCUT2D eigenvalue weighted by atomic mass is 19.1. The highest BCUT2D eigenvalue weighted by Crippen LogP contribution is 2.23. The molecule has 0 aliphatic heterocycles. The summed E-state index contributed by atoms with van der Waals surface area (Å²) < 4.78 is 19.3. The smallest absolute Gasteiger partial charge is 0.223 e. The van der Waals surface area contributed by atoms with Crippen LogP contribution in [0.25, 0.3) is 11.3 Å². The van der Waals surface area contributed by atoms with Gasteiger partial charge >= 0.3 is 0 Å². The van der Waals surface area contributed by atoms with Crippen molar-refractivity contribution in [2.75, 3.05) is 6.54 Å². The molecule has 0 aliphatic rings. The van der Waals surface area contributed by atoms with E-state index >= 15 is 0 Å². The van der Waals surface area contributed by atoms with Gasteiger partial charge in [0.25, 0.3) is 0 Å². The molecule has 2 aromatic rings. The van der Waals surface area contributed by atoms with Gasteiger partial charge in [0.15, 0.2) is 11.7 Å². The van der Waals surface area contributed by atoms with Crippen molar-refractivity contribution in [3.8, 4) is 11.3 Å². The zero-order chi connectivity index (χ0) is 17.7. The first-order valence-corrected chi connectivity index (χ1v) is 8.05. The van der Waals surface area contributed by atoms with Crippen LogP contribution in [-0.2, 0) is 11.2 Å². The lowest BCUT2D eigenvalue weighted by molar-refractivity contribution is -0.134. The van der Waals surface area contributed by atoms with Gasteiger partial charge in [-0.1, -0.05) is 12.1 Å². The second kappa shape index (κ2) is 8.06. The first-order chi connectivity index (χ1) is 11.4. The Hall–Kier alpha value is -2.21. The molecule has 1 amide bonds. The maximum atomic E-state index is 13.7. The van der Waals surface area contributed by atoms with E-state index in [1.165, 1.54) is 12.3 Å². The van der Waals surface area contributed by atoms with Gasteiger partial charge in [0.1, 0.15) is 5.82 Å². The Morgan fingerprint density at radius 2 is 2.04 bits per heavy atom. The summed E-state index contributed by atoms with van der Waals surface area (Å²) in [6.07, 6.45) is 1.44. The number of aromatic nitrogens is 1. The van der Waals surface area contributed by atoms with Crippen LogP contribution >= 0.6 is 0 Å². The minimum absolute atomic E-state index is 0.00522. The number of carbonyl (C=O) groups excluding carboxylic acids is 1. The molecule has 0 saturated heterocycles. The molecule has 1 aromatic carbocycles. The summed E-state index contributed by atoms with van der Waals surface area (Å²) in [5.41, 5.74) is 0.348. The molecule has 0 saturated carbocycles. The molecular weight excluding hydrogens is 311 g/mol. The van der Waals surface area contributed by atoms with Crippen LogP contribution in [-0.4, -0.2) is 39.6 Å². The van der Waals surface area contributed by atoms with Gasteiger partial charge < -0.3 is 14.4 Å². The van der Waals surface area contributed by atoms with Crippen molar-refractivity contribution in [1.29, 1.82) is 0 Å². The number of rotatable bonds is 7. The zero-order valence-electron chi connectivity index (χ0n) is 14.2. The summed E-state index contributed by atoms with van der Waals surface area (Å²) in [7, 11) is 0. The molecule has 1 aromatic heterocycles. The van der Waals surface area contributed by atoms with E-state index in [9.17, 15) is 14.3 Å². The summed E-state index contributed by atoms with van der Waals surface area (Å²) in [4.78, 5) is 18.1. The van der Waals surface area contributed by atoms with Crippen molar-refractivity contribution in [3.05, 3.63) is 42.2 Å². The number of benzene rings is 1. The fourth-order valence-corrected chi connectivity index (χ4v) is 2.45. The number of aryl methyl sites for hydroxylation is 1. The molecule has 1 atom stereocenters. The molecule has 0 bridgehead atoms. The lowest BCUT2D eigenvalue weighted by Crippen LogP contribution is -2.41. The molecule has 0 fully saturated rings. The van der Waals surface area contributed by atoms with Crippen LogP contribution in [0.15, 0.2) is 34.9 Å². The second-order valence-electron chi connectivity index (χ2n) is 6.09. The van der Waals surface area contributed by atoms with Crippen LogP contribution in [0.2, 0.25) is 0 Å². The Bertz CT molecular complexity index is 682. The minimum Gasteiger partial charge on any atom is -0.441 e. The molecular formula is C18H23FN2O3. The number of oxazole rings is 1. The van der Waals surface area contributed by atoms with Crippen molar-refractivity contribution in [2.45, 2.75) is 45.8 Å². The van der Waals surface area contributed by atoms with Gasteiger partial charge in [0, 0.05) is 25.4 Å². The Kier molecular flexibility index (Phi) is 6.09. The Labute approximate surface area is 141 Å². The molecule has 1 heterocycles. The molecule has 2 rings (SSSR count). The molecule has 130 valence electrons. The van der Waals surface area contributed by atoms with Gasteiger partial charge in [0.2, 0.25) is 5.91 Å². The number of aliphatic hydroxyl groups excluding tert-OH is 1. The highest BCUT2D eigenvalue weighted by Gasteiger charge is 2.19. The average molecular weight is 334 g/mol. The lowest BCUT2D eigenvalue weighted by Gasteiger charge is -2.27. The van der Waals surface area contributed by atoms with E-state index in [0.717, 1.165) is 0 Å². The maximum Gasteiger partial charge on any atom is 0.223 e. The van der Waals surface area contributed by atoms with Gasteiger partial charge in [-0.25, -0.2) is 9.37 Å². The van der Waals surface area contributed by atoms with Crippen molar-refractivity contribution < 1.29 is 18.7 Å². The van der Waals surface area contributed by atoms with E-state index in [1.54, 1.807) is 30.0 Å². The number of halogens is 1. The van der Waals surface area contributed by atoms with Crippen LogP contribution in [0.1, 0.15) is 33.1 Å². The number of amides is 1. The topological polar surface area (TPSA) is 66.6 Å². The SMILES string of the molecule is CC(O)CN(C(=O)CCc1ncc(-c2ccccc2F)o1)C(C)C. The average Bonchev–Trinajstić information content (AvgIpc) is 2.99. The van der Waals surface area contributed by atoms with Crippen molar-refractivity contribution in [3.63, 3.8) is 0 Å². The Morgan fingerprint density at radius 3 is 2.67 bits per heavy atom. The van der Waals surface area contributed by atoms with E-state index < -0.39 is 6.10 Å². The number of carbonyl (C=O) groups is 1. The van der Waals surface area contributed by atoms with E-state index in [4.69, 9.17) is 4.42 Å². The summed E-state index contributed by atoms with van der Waals surface area (Å²) in [6, 6.07) is 6.31. The minimum atomic E-state index is -0.578. The third-order valence-corrected chi connectivity index (χ3v) is 3.65. The predicted molar refractivity (Wildman–Crippen MR) is 88.7 cm³/mol. The van der Waals surface area contributed by atoms with Crippen molar-refractivity contribution >= 4 is 5.91 Å². The molecule has 1 unspecified atom stereocenters. The van der Waals surface area contributed by atoms with Gasteiger partial charge in [-0.05, 0) is 32.9 Å². The summed E-state index contributed by atoms with van der Waals surface area (Å²) >= 11 is 0. The predicted octanol–water partition coefficient (Wildman–Crippen LogP) is 3.03. The monoisotopic (exact) mass is 334 g/mol. The lowest BCUT2D eigenvalue weighted by atomic mass is 10.2. The van der Waals surface area contributed by atoms with Gasteiger partial charge in [0.05, 0.1) is 17.9 Å². The third kappa shape index (κ3) is 4.64. The van der Waals surface area contributed by atoms with Crippen LogP contribution in [0.5, 0.6) is 0 Å². The molecule has 0 spiro atoms. The quantitative estimate of drug-likeness (QED) is 0.845. The largest absolute Gasteiger partial charge is 0.441 e. The zero-order valence-corrected chi connectivity index (χ0v) is 14.2. The van der Waals surface area contributed by atoms with Gasteiger partial charge in [-0.2, -0.15) is 0 Å². The van der Waals surface area contributed by atoms with Gasteiger partial charge in [-0.3, -0.25) is 4.79 Å². The Morgan fingerprint density at radius 1 is 1.33 bits per heavy atom. The molecule has 6 heteroatoms. The van der Waals surface area contributed by atoms with E-state index in [0.29, 0.717) is 30.2 Å². The number of nitrogens with zero attached hydrogens (tertiary/aromatic N) is 2. The molecule has 0 aliphatic carbocycles. The van der Waals surface area contributed by atoms with Crippen LogP contribution in [0, 0.1) is 5.82 Å². The standard InChI is InChI=1S/C18H23FN2O3/c1-12(2)21(11-13(3)22)18(23)9-8-17-20-10-16(24-17)14-6-4-5-7-15(14)19/h4-7,10,12-13,22H,8-9,11H2,1-3H3. The van der Waals surface area contributed by atoms with Crippen molar-refractivity contribution in [2.24, 2.45) is 0 Å². The maximum absolute atomic E-state index is 13.7. The molecule has 0 radical (unpaired) electrons. The van der Waals surface area contributed by atoms with E-state index in [2.05, 4.69) is 4.98 Å². The number of aliphatic hydroxyl groups is 1. The summed E-state index contributed by atoms with van der Waals surface area (Å²) in [5, 5.41) is 9.50. The Balaban J connectivity index is 2.00. The number of hydrogen-bond acceptors (Lipinski definition) is 4. The summed E-state index contributed by atoms with van der Waals surface area (Å²) in [5.74, 6) is 0.290. The van der Waals surface area contributed by atoms with E-state index in [1.807, 2.05) is 13.8 Å². The van der Waals surface area contributed by atoms with Crippen LogP contribution < -0.4 is 0 Å².